The van der Waals surface area contributed by atoms with Gasteiger partial charge in [-0.3, -0.25) is 4.68 Å². The van der Waals surface area contributed by atoms with Crippen molar-refractivity contribution in [2.75, 3.05) is 11.9 Å². The summed E-state index contributed by atoms with van der Waals surface area (Å²) < 4.78 is 23.3. The van der Waals surface area contributed by atoms with E-state index in [0.717, 1.165) is 32.3 Å². The third-order valence-electron chi connectivity index (χ3n) is 5.97. The van der Waals surface area contributed by atoms with E-state index in [9.17, 15) is 5.11 Å². The third-order valence-corrected chi connectivity index (χ3v) is 8.09. The van der Waals surface area contributed by atoms with Crippen LogP contribution in [-0.2, 0) is 6.98 Å². The average Bonchev–Trinajstić information content (AvgIpc) is 3.45. The van der Waals surface area contributed by atoms with Crippen LogP contribution in [0.5, 0.6) is 5.75 Å². The maximum atomic E-state index is 10.7. The van der Waals surface area contributed by atoms with Crippen LogP contribution in [0.2, 0.25) is 0 Å². The third kappa shape index (κ3) is 4.34. The van der Waals surface area contributed by atoms with Gasteiger partial charge in [0.1, 0.15) is 16.5 Å². The Kier molecular flexibility index (Phi) is 4.42. The quantitative estimate of drug-likeness (QED) is 0.433. The van der Waals surface area contributed by atoms with Crippen molar-refractivity contribution in [1.29, 1.82) is 0 Å². The summed E-state index contributed by atoms with van der Waals surface area (Å²) in [5.74, 6) is -0.0351. The molecule has 0 amide bonds. The van der Waals surface area contributed by atoms with E-state index in [4.69, 9.17) is 14.1 Å². The van der Waals surface area contributed by atoms with Gasteiger partial charge in [-0.25, -0.2) is 15.0 Å². The van der Waals surface area contributed by atoms with Gasteiger partial charge in [0.25, 0.3) is 0 Å². The van der Waals surface area contributed by atoms with Gasteiger partial charge >= 0.3 is 0 Å². The van der Waals surface area contributed by atoms with Crippen molar-refractivity contribution in [3.05, 3.63) is 24.7 Å². The smallest absolute Gasteiger partial charge is 0.188 e. The first-order chi connectivity index (χ1) is 16.7. The molecule has 174 valence electrons. The van der Waals surface area contributed by atoms with Crippen LogP contribution in [-0.4, -0.2) is 54.0 Å². The van der Waals surface area contributed by atoms with Crippen molar-refractivity contribution >= 4 is 37.5 Å². The summed E-state index contributed by atoms with van der Waals surface area (Å²) in [6.07, 6.45) is 6.48. The Morgan fingerprint density at radius 3 is 2.48 bits per heavy atom. The van der Waals surface area contributed by atoms with Crippen molar-refractivity contribution < 1.29 is 9.22 Å². The number of pyridine rings is 1. The van der Waals surface area contributed by atoms with Gasteiger partial charge in [-0.15, -0.1) is 0 Å². The predicted molar refractivity (Wildman–Crippen MR) is 135 cm³/mol. The van der Waals surface area contributed by atoms with E-state index in [1.165, 1.54) is 23.7 Å². The Bertz CT molecular complexity index is 1380. The van der Waals surface area contributed by atoms with Crippen molar-refractivity contribution in [3.63, 3.8) is 0 Å². The maximum Gasteiger partial charge on any atom is 0.188 e. The summed E-state index contributed by atoms with van der Waals surface area (Å²) in [5, 5.41) is 19.8. The Hall–Kier alpha value is -2.56. The number of nitrogens with zero attached hydrogens (tertiary/aromatic N) is 6. The molecule has 1 fully saturated rings. The molecule has 0 radical (unpaired) electrons. The lowest BCUT2D eigenvalue weighted by molar-refractivity contribution is 0.161. The first-order valence-electron chi connectivity index (χ1n) is 12.3. The predicted octanol–water partition coefficient (Wildman–Crippen LogP) is 4.67. The molecule has 0 aliphatic carbocycles. The minimum absolute atomic E-state index is 0.0351. The van der Waals surface area contributed by atoms with Crippen molar-refractivity contribution in [2.45, 2.75) is 57.7 Å². The number of rotatable bonds is 4. The number of fused-ring (bicyclic) bond motifs is 1. The van der Waals surface area contributed by atoms with Gasteiger partial charge in [-0.1, -0.05) is 22.7 Å². The van der Waals surface area contributed by atoms with Crippen LogP contribution < -0.4 is 10.2 Å². The van der Waals surface area contributed by atoms with Gasteiger partial charge in [0.15, 0.2) is 14.8 Å². The van der Waals surface area contributed by atoms with Crippen LogP contribution in [0.4, 0.5) is 5.13 Å². The van der Waals surface area contributed by atoms with Crippen LogP contribution in [0.15, 0.2) is 24.7 Å². The number of aryl methyl sites for hydroxylation is 1. The van der Waals surface area contributed by atoms with E-state index in [0.29, 0.717) is 27.9 Å². The number of aromatic nitrogens is 5. The standard InChI is InChI=1S/C23H29N7OS2/c1-22(2)8-15(9-23(3,4)28-22)30(6)21-27-20-19(33-21)26-18(32-20)17-16(31)7-13(10-24-17)14-11-25-29(5)12-14/h7,10-12,15,28,31H,8-9H2,1-6H3/i5D3. The van der Waals surface area contributed by atoms with E-state index in [1.807, 2.05) is 0 Å². The number of hydrogen-bond donors (Lipinski definition) is 2. The lowest BCUT2D eigenvalue weighted by Gasteiger charge is -2.48. The monoisotopic (exact) mass is 486 g/mol. The highest BCUT2D eigenvalue weighted by Crippen LogP contribution is 2.40. The van der Waals surface area contributed by atoms with Crippen LogP contribution in [0, 0.1) is 0 Å². The van der Waals surface area contributed by atoms with E-state index in [1.54, 1.807) is 23.6 Å². The first-order valence-corrected chi connectivity index (χ1v) is 12.4. The van der Waals surface area contributed by atoms with Gasteiger partial charge in [0.05, 0.1) is 6.20 Å². The highest BCUT2D eigenvalue weighted by atomic mass is 32.1. The van der Waals surface area contributed by atoms with Crippen molar-refractivity contribution in [3.8, 4) is 27.6 Å². The maximum absolute atomic E-state index is 10.7. The molecule has 2 N–H and O–H groups in total. The molecule has 5 heterocycles. The molecule has 1 aliphatic heterocycles. The van der Waals surface area contributed by atoms with Crippen LogP contribution in [0.1, 0.15) is 44.6 Å². The van der Waals surface area contributed by atoms with E-state index >= 15 is 0 Å². The molecular weight excluding hydrogens is 454 g/mol. The van der Waals surface area contributed by atoms with E-state index in [-0.39, 0.29) is 16.8 Å². The zero-order chi connectivity index (χ0) is 26.0. The summed E-state index contributed by atoms with van der Waals surface area (Å²) >= 11 is 2.94. The summed E-state index contributed by atoms with van der Waals surface area (Å²) in [4.78, 5) is 17.9. The topological polar surface area (TPSA) is 92.0 Å². The largest absolute Gasteiger partial charge is 0.506 e. The molecule has 4 aromatic rings. The van der Waals surface area contributed by atoms with Gasteiger partial charge < -0.3 is 15.3 Å². The molecule has 8 nitrogen and oxygen atoms in total. The molecule has 33 heavy (non-hydrogen) atoms. The summed E-state index contributed by atoms with van der Waals surface area (Å²) in [6, 6.07) is 1.91. The number of piperidine rings is 1. The fourth-order valence-electron chi connectivity index (χ4n) is 4.83. The normalized spacial score (nSPS) is 19.8. The van der Waals surface area contributed by atoms with Gasteiger partial charge in [0.2, 0.25) is 0 Å². The highest BCUT2D eigenvalue weighted by Gasteiger charge is 2.39. The Balaban J connectivity index is 1.38. The number of anilines is 1. The SMILES string of the molecule is [2H]C([2H])([2H])n1cc(-c2cnc(-c3nc4sc(N(C)C5CC(C)(C)NC(C)(C)C5)nc4s3)c(O)c2)cn1. The zero-order valence-corrected chi connectivity index (χ0v) is 20.9. The average molecular weight is 487 g/mol. The molecule has 4 aromatic heterocycles. The van der Waals surface area contributed by atoms with Crippen LogP contribution in [0.25, 0.3) is 31.5 Å². The summed E-state index contributed by atoms with van der Waals surface area (Å²) in [5.41, 5.74) is 1.58. The van der Waals surface area contributed by atoms with Gasteiger partial charge in [0, 0.05) is 58.8 Å². The molecule has 1 saturated heterocycles. The summed E-state index contributed by atoms with van der Waals surface area (Å²) in [7, 11) is 2.10. The second-order valence-corrected chi connectivity index (χ2v) is 11.9. The van der Waals surface area contributed by atoms with Crippen LogP contribution >= 0.6 is 22.7 Å². The molecular formula is C23H29N7OS2. The molecule has 0 unspecified atom stereocenters. The fourth-order valence-corrected chi connectivity index (χ4v) is 6.91. The van der Waals surface area contributed by atoms with E-state index < -0.39 is 6.98 Å². The second-order valence-electron chi connectivity index (χ2n) is 9.96. The molecule has 0 saturated carbocycles. The van der Waals surface area contributed by atoms with Gasteiger partial charge in [-0.05, 0) is 46.6 Å². The highest BCUT2D eigenvalue weighted by molar-refractivity contribution is 7.29. The minimum atomic E-state index is -2.36. The molecule has 5 rings (SSSR count). The van der Waals surface area contributed by atoms with Crippen molar-refractivity contribution in [1.82, 2.24) is 30.0 Å². The minimum Gasteiger partial charge on any atom is -0.506 e. The van der Waals surface area contributed by atoms with Gasteiger partial charge in [-0.2, -0.15) is 5.10 Å². The first kappa shape index (κ1) is 18.8. The van der Waals surface area contributed by atoms with Crippen molar-refractivity contribution in [2.24, 2.45) is 6.98 Å². The molecule has 0 atom stereocenters. The van der Waals surface area contributed by atoms with E-state index in [2.05, 4.69) is 55.0 Å². The molecule has 0 bridgehead atoms. The molecule has 10 heteroatoms. The number of hydrogen-bond acceptors (Lipinski definition) is 9. The lowest BCUT2D eigenvalue weighted by atomic mass is 9.79. The molecule has 1 aliphatic rings. The number of aromatic hydroxyl groups is 1. The Morgan fingerprint density at radius 2 is 1.85 bits per heavy atom. The number of thiazole rings is 2. The molecule has 0 aromatic carbocycles. The summed E-state index contributed by atoms with van der Waals surface area (Å²) in [6.45, 7) is 6.61. The van der Waals surface area contributed by atoms with Crippen LogP contribution in [0.3, 0.4) is 0 Å². The fraction of sp³-hybridized carbons (Fsp3) is 0.478. The Morgan fingerprint density at radius 1 is 1.12 bits per heavy atom. The second kappa shape index (κ2) is 7.75. The lowest BCUT2D eigenvalue weighted by Crippen LogP contribution is -2.61. The molecule has 0 spiro atoms. The zero-order valence-electron chi connectivity index (χ0n) is 22.2. The Labute approximate surface area is 205 Å². The number of nitrogens with one attached hydrogen (secondary N) is 1.